The fourth-order valence-electron chi connectivity index (χ4n) is 17.6. The van der Waals surface area contributed by atoms with E-state index in [1.807, 2.05) is 6.08 Å². The molecule has 37 atom stereocenters. The van der Waals surface area contributed by atoms with Gasteiger partial charge in [-0.15, -0.1) is 0 Å². The van der Waals surface area contributed by atoms with Gasteiger partial charge in [0.15, 0.2) is 44.0 Å². The van der Waals surface area contributed by atoms with E-state index in [2.05, 4.69) is 29.8 Å². The lowest BCUT2D eigenvalue weighted by molar-refractivity contribution is -0.389. The fraction of sp³-hybridized carbons (Fsp3) is 0.943. The lowest BCUT2D eigenvalue weighted by Crippen LogP contribution is -2.71. The van der Waals surface area contributed by atoms with Crippen molar-refractivity contribution >= 4 is 17.7 Å². The SMILES string of the molecule is CCCCCCCCCCCCC/C=C/[C@@H](O)[C@H](CO[C@@H]1OC(CO)[C@@H](O[C@@H]2OC(CO)[C@H](O)[C@H](O[C@@H]3OC(CO)[C@@H](O[C@@H]4OC(CO)[C@H](O)[C@H](O[C@@H]5OC(CO)[C@@H](O[C@@H]6OC(CO)[C@H](O)[C@H](O[C@H]7OC(CO)[C@H](O)[C@H](O)C7O)C6O)[C@H](O)C5NC(C)=O)C4O)[C@H](O)C3NC(C)=O)C2O)[C@H](O)C1O)NC(=O)CCCCCCCCCCCCCCCCCCCCCCC. The summed E-state index contributed by atoms with van der Waals surface area (Å²) >= 11 is 0. The van der Waals surface area contributed by atoms with Gasteiger partial charge < -0.3 is 190 Å². The van der Waals surface area contributed by atoms with E-state index in [0.29, 0.717) is 12.8 Å². The number of amides is 3. The van der Waals surface area contributed by atoms with Crippen molar-refractivity contribution in [1.82, 2.24) is 16.0 Å². The lowest BCUT2D eigenvalue weighted by atomic mass is 9.93. The Morgan fingerprint density at radius 2 is 0.574 bits per heavy atom. The van der Waals surface area contributed by atoms with E-state index < -0.39 is 292 Å². The molecule has 7 rings (SSSR count). The van der Waals surface area contributed by atoms with Gasteiger partial charge in [0.25, 0.3) is 0 Å². The van der Waals surface area contributed by atoms with Gasteiger partial charge in [0, 0.05) is 20.3 Å². The van der Waals surface area contributed by atoms with E-state index >= 15 is 0 Å². The first-order valence-electron chi connectivity index (χ1n) is 47.5. The number of allylic oxidation sites excluding steroid dienone is 1. The van der Waals surface area contributed by atoms with Gasteiger partial charge in [-0.05, 0) is 19.3 Å². The van der Waals surface area contributed by atoms with Crippen LogP contribution in [0.4, 0.5) is 0 Å². The molecule has 3 amide bonds. The topological polar surface area (TPSA) is 641 Å². The number of hydrogen-bond donors (Lipinski definition) is 24. The zero-order valence-corrected chi connectivity index (χ0v) is 75.5. The summed E-state index contributed by atoms with van der Waals surface area (Å²) in [5.74, 6) is -2.14. The maximum absolute atomic E-state index is 13.6. The Kier molecular flexibility index (Phi) is 52.8. The molecule has 0 saturated carbocycles. The minimum Gasteiger partial charge on any atom is -0.394 e. The highest BCUT2D eigenvalue weighted by Gasteiger charge is 2.60. The zero-order valence-electron chi connectivity index (χ0n) is 75.5. The fourth-order valence-corrected chi connectivity index (χ4v) is 17.6. The average molecular weight is 1870 g/mol. The molecular formula is C88H159N3O38. The molecule has 7 heterocycles. The van der Waals surface area contributed by atoms with Gasteiger partial charge in [-0.3, -0.25) is 14.4 Å². The second-order valence-corrected chi connectivity index (χ2v) is 35.6. The van der Waals surface area contributed by atoms with Gasteiger partial charge in [0.05, 0.1) is 65.0 Å². The predicted molar refractivity (Wildman–Crippen MR) is 454 cm³/mol. The van der Waals surface area contributed by atoms with Crippen molar-refractivity contribution < 1.29 is 188 Å². The van der Waals surface area contributed by atoms with Gasteiger partial charge in [0.1, 0.15) is 171 Å². The van der Waals surface area contributed by atoms with Crippen LogP contribution in [0, 0.1) is 0 Å². The van der Waals surface area contributed by atoms with E-state index in [-0.39, 0.29) is 12.3 Å². The Balaban J connectivity index is 0.960. The van der Waals surface area contributed by atoms with Gasteiger partial charge in [0.2, 0.25) is 17.7 Å². The van der Waals surface area contributed by atoms with Crippen molar-refractivity contribution in [2.75, 3.05) is 52.9 Å². The smallest absolute Gasteiger partial charge is 0.220 e. The van der Waals surface area contributed by atoms with Crippen LogP contribution in [-0.4, -0.2) is 405 Å². The molecule has 24 N–H and O–H groups in total. The number of carbonyl (C=O) groups is 3. The molecule has 754 valence electrons. The number of ether oxygens (including phenoxy) is 14. The average Bonchev–Trinajstić information content (AvgIpc) is 0.767. The van der Waals surface area contributed by atoms with Crippen molar-refractivity contribution in [3.63, 3.8) is 0 Å². The summed E-state index contributed by atoms with van der Waals surface area (Å²) in [6.45, 7) is -1.21. The summed E-state index contributed by atoms with van der Waals surface area (Å²) < 4.78 is 82.6. The lowest BCUT2D eigenvalue weighted by Gasteiger charge is -2.51. The summed E-state index contributed by atoms with van der Waals surface area (Å²) in [5.41, 5.74) is 0. The molecule has 7 saturated heterocycles. The molecular weight excluding hydrogens is 1710 g/mol. The first-order valence-corrected chi connectivity index (χ1v) is 47.5. The third-order valence-electron chi connectivity index (χ3n) is 25.3. The molecule has 0 aromatic carbocycles. The second kappa shape index (κ2) is 60.5. The summed E-state index contributed by atoms with van der Waals surface area (Å²) in [6.07, 6.45) is -23.7. The molecule has 129 heavy (non-hydrogen) atoms. The molecule has 0 aromatic rings. The Bertz CT molecular complexity index is 3040. The van der Waals surface area contributed by atoms with Crippen molar-refractivity contribution in [2.45, 2.75) is 473 Å². The van der Waals surface area contributed by atoms with Crippen LogP contribution < -0.4 is 16.0 Å². The first-order chi connectivity index (χ1) is 62.1. The number of aliphatic hydroxyl groups is 21. The number of aliphatic hydroxyl groups excluding tert-OH is 21. The van der Waals surface area contributed by atoms with Crippen LogP contribution >= 0.6 is 0 Å². The van der Waals surface area contributed by atoms with Gasteiger partial charge in [-0.2, -0.15) is 0 Å². The molecule has 0 radical (unpaired) electrons. The minimum atomic E-state index is -2.31. The van der Waals surface area contributed by atoms with Crippen LogP contribution in [0.15, 0.2) is 12.2 Å². The molecule has 0 bridgehead atoms. The molecule has 7 aliphatic heterocycles. The summed E-state index contributed by atoms with van der Waals surface area (Å²) in [7, 11) is 0. The maximum Gasteiger partial charge on any atom is 0.220 e. The van der Waals surface area contributed by atoms with Crippen LogP contribution in [0.3, 0.4) is 0 Å². The maximum atomic E-state index is 13.6. The third kappa shape index (κ3) is 34.4. The number of hydrogen-bond acceptors (Lipinski definition) is 38. The second-order valence-electron chi connectivity index (χ2n) is 35.6. The number of nitrogens with one attached hydrogen (secondary N) is 3. The first kappa shape index (κ1) is 113. The Morgan fingerprint density at radius 1 is 0.302 bits per heavy atom. The monoisotopic (exact) mass is 1870 g/mol. The van der Waals surface area contributed by atoms with Crippen LogP contribution in [0.25, 0.3) is 0 Å². The summed E-state index contributed by atoms with van der Waals surface area (Å²) in [5, 5.41) is 243. The van der Waals surface area contributed by atoms with Crippen molar-refractivity contribution in [1.29, 1.82) is 0 Å². The van der Waals surface area contributed by atoms with E-state index in [1.165, 1.54) is 148 Å². The van der Waals surface area contributed by atoms with Crippen molar-refractivity contribution in [3.8, 4) is 0 Å². The number of rotatable bonds is 61. The van der Waals surface area contributed by atoms with Crippen molar-refractivity contribution in [3.05, 3.63) is 12.2 Å². The summed E-state index contributed by atoms with van der Waals surface area (Å²) in [4.78, 5) is 39.6. The van der Waals surface area contributed by atoms with Crippen LogP contribution in [0.2, 0.25) is 0 Å². The highest BCUT2D eigenvalue weighted by Crippen LogP contribution is 2.39. The predicted octanol–water partition coefficient (Wildman–Crippen LogP) is -2.26. The number of carbonyl (C=O) groups excluding carboxylic acids is 3. The van der Waals surface area contributed by atoms with Crippen LogP contribution in [0.5, 0.6) is 0 Å². The van der Waals surface area contributed by atoms with E-state index in [1.54, 1.807) is 6.08 Å². The molecule has 0 spiro atoms. The quantitative estimate of drug-likeness (QED) is 0.0226. The Hall–Kier alpha value is -3.25. The van der Waals surface area contributed by atoms with Gasteiger partial charge in [-0.25, -0.2) is 0 Å². The molecule has 7 aliphatic rings. The van der Waals surface area contributed by atoms with Crippen LogP contribution in [-0.2, 0) is 80.7 Å². The van der Waals surface area contributed by atoms with Crippen LogP contribution in [0.1, 0.15) is 246 Å². The largest absolute Gasteiger partial charge is 0.394 e. The van der Waals surface area contributed by atoms with Crippen molar-refractivity contribution in [2.24, 2.45) is 0 Å². The molecule has 41 heteroatoms. The highest BCUT2D eigenvalue weighted by atomic mass is 16.8. The molecule has 7 fully saturated rings. The van der Waals surface area contributed by atoms with Gasteiger partial charge in [-0.1, -0.05) is 219 Å². The molecule has 0 aromatic heterocycles. The summed E-state index contributed by atoms with van der Waals surface area (Å²) in [6, 6.07) is -4.83. The van der Waals surface area contributed by atoms with E-state index in [0.717, 1.165) is 65.2 Å². The van der Waals surface area contributed by atoms with E-state index in [9.17, 15) is 122 Å². The minimum absolute atomic E-state index is 0.165. The van der Waals surface area contributed by atoms with Gasteiger partial charge >= 0.3 is 0 Å². The standard InChI is InChI=1S/C88H159N3O38/c1-5-7-9-11-13-15-17-19-20-21-22-23-24-25-26-28-30-32-34-36-38-40-60(102)91-51(52(101)39-37-35-33-31-29-27-18-16-14-12-10-8-6-2)48-116-84-72(112)70(110)78(59(47-98)123-84)126-88-74(114)80(65(105)55(43-94)120-88)128-83-61(89-49(3)99)67(107)76(57(45-96)121-83)124-86-73(113)79(64(104)54(42-93)118-86)127-82-62(90-50(4)100)68(108)77(58(46-97)122-82)125-87-75(115)81(66(106)56(44-95)119-87)129-85-71(111)69(109)63(103)53(41-92)117-85/h37,39,51-59,61-88,92-98,101,103-115H,5-36,38,40-48H2,1-4H3,(H,89,99)(H,90,100)(H,91,102)/b39-37+/t51-,52+,53?,54?,55?,56?,57?,58?,59?,61?,62?,63-,64-,65-,66-,67+,68+,69-,70+,71?,72?,73?,74?,75?,76+,77+,78+,79-,80-,81-,82-,83-,84+,85+,86-,87-,88-/m0/s1. The molecule has 0 aliphatic carbocycles. The highest BCUT2D eigenvalue weighted by molar-refractivity contribution is 5.76. The van der Waals surface area contributed by atoms with E-state index in [4.69, 9.17) is 66.3 Å². The number of unbranched alkanes of at least 4 members (excludes halogenated alkanes) is 31. The Labute approximate surface area is 756 Å². The third-order valence-corrected chi connectivity index (χ3v) is 25.3. The molecule has 41 nitrogen and oxygen atoms in total. The Morgan fingerprint density at radius 3 is 0.907 bits per heavy atom. The zero-order chi connectivity index (χ0) is 94.2. The normalized spacial score (nSPS) is 37.5. The molecule has 14 unspecified atom stereocenters.